The van der Waals surface area contributed by atoms with Crippen LogP contribution in [0.2, 0.25) is 0 Å². The topological polar surface area (TPSA) is 17.1 Å². The van der Waals surface area contributed by atoms with Gasteiger partial charge in [-0.2, -0.15) is 0 Å². The Hall–Kier alpha value is -0.330. The van der Waals surface area contributed by atoms with Crippen molar-refractivity contribution in [3.05, 3.63) is 0 Å². The van der Waals surface area contributed by atoms with Crippen molar-refractivity contribution in [2.45, 2.75) is 46.0 Å². The summed E-state index contributed by atoms with van der Waals surface area (Å²) >= 11 is 0. The fraction of sp³-hybridized carbons (Fsp3) is 0.900. The molecule has 1 nitrogen and oxygen atoms in total. The minimum absolute atomic E-state index is 0.413. The lowest BCUT2D eigenvalue weighted by atomic mass is 9.80. The number of carbonyl (C=O) groups excluding carboxylic acids is 1. The SMILES string of the molecule is CCC(=O)[C@H]1CC[C@H](C)CC1. The Balaban J connectivity index is 2.33. The molecule has 64 valence electrons. The molecule has 0 radical (unpaired) electrons. The maximum Gasteiger partial charge on any atom is 0.135 e. The van der Waals surface area contributed by atoms with Crippen LogP contribution in [0.15, 0.2) is 0 Å². The van der Waals surface area contributed by atoms with Gasteiger partial charge in [-0.05, 0) is 18.8 Å². The zero-order valence-corrected chi connectivity index (χ0v) is 7.60. The van der Waals surface area contributed by atoms with E-state index in [-0.39, 0.29) is 0 Å². The average molecular weight is 154 g/mol. The Morgan fingerprint density at radius 3 is 2.27 bits per heavy atom. The molecular formula is C10H18O. The molecule has 1 rings (SSSR count). The van der Waals surface area contributed by atoms with Crippen LogP contribution in [0.25, 0.3) is 0 Å². The van der Waals surface area contributed by atoms with Crippen LogP contribution in [0.5, 0.6) is 0 Å². The predicted molar refractivity (Wildman–Crippen MR) is 46.4 cm³/mol. The average Bonchev–Trinajstić information content (AvgIpc) is 2.05. The minimum Gasteiger partial charge on any atom is -0.299 e. The number of hydrogen-bond donors (Lipinski definition) is 0. The quantitative estimate of drug-likeness (QED) is 0.597. The molecule has 0 N–H and O–H groups in total. The summed E-state index contributed by atoms with van der Waals surface area (Å²) in [5, 5.41) is 0. The summed E-state index contributed by atoms with van der Waals surface area (Å²) < 4.78 is 0. The van der Waals surface area contributed by atoms with Gasteiger partial charge in [0.2, 0.25) is 0 Å². The first-order chi connectivity index (χ1) is 5.24. The molecule has 1 fully saturated rings. The second-order valence-electron chi connectivity index (χ2n) is 3.78. The highest BCUT2D eigenvalue weighted by Crippen LogP contribution is 2.29. The molecule has 0 unspecified atom stereocenters. The summed E-state index contributed by atoms with van der Waals surface area (Å²) in [6.45, 7) is 4.26. The number of rotatable bonds is 2. The Morgan fingerprint density at radius 2 is 1.82 bits per heavy atom. The number of hydrogen-bond acceptors (Lipinski definition) is 1. The first kappa shape index (κ1) is 8.76. The molecule has 1 aliphatic rings. The van der Waals surface area contributed by atoms with Gasteiger partial charge in [0, 0.05) is 12.3 Å². The molecule has 0 saturated heterocycles. The smallest absolute Gasteiger partial charge is 0.135 e. The zero-order chi connectivity index (χ0) is 8.27. The Bertz CT molecular complexity index is 132. The van der Waals surface area contributed by atoms with Crippen molar-refractivity contribution in [2.75, 3.05) is 0 Å². The molecule has 1 aliphatic carbocycles. The van der Waals surface area contributed by atoms with Gasteiger partial charge in [-0.15, -0.1) is 0 Å². The third kappa shape index (κ3) is 2.32. The van der Waals surface area contributed by atoms with Crippen LogP contribution in [-0.2, 0) is 4.79 Å². The maximum absolute atomic E-state index is 11.3. The largest absolute Gasteiger partial charge is 0.299 e. The molecule has 0 heterocycles. The fourth-order valence-corrected chi connectivity index (χ4v) is 1.87. The van der Waals surface area contributed by atoms with E-state index >= 15 is 0 Å². The number of ketones is 1. The summed E-state index contributed by atoms with van der Waals surface area (Å²) in [6, 6.07) is 0. The van der Waals surface area contributed by atoms with E-state index in [0.717, 1.165) is 25.2 Å². The van der Waals surface area contributed by atoms with E-state index in [1.165, 1.54) is 12.8 Å². The molecule has 0 amide bonds. The Labute approximate surface area is 69.2 Å². The van der Waals surface area contributed by atoms with Gasteiger partial charge in [0.05, 0.1) is 0 Å². The van der Waals surface area contributed by atoms with Crippen LogP contribution < -0.4 is 0 Å². The molecule has 0 aromatic rings. The molecule has 0 aromatic heterocycles. The van der Waals surface area contributed by atoms with E-state index in [4.69, 9.17) is 0 Å². The van der Waals surface area contributed by atoms with E-state index in [9.17, 15) is 4.79 Å². The van der Waals surface area contributed by atoms with E-state index in [1.807, 2.05) is 6.92 Å². The fourth-order valence-electron chi connectivity index (χ4n) is 1.87. The van der Waals surface area contributed by atoms with Crippen LogP contribution in [0.1, 0.15) is 46.0 Å². The van der Waals surface area contributed by atoms with Gasteiger partial charge in [-0.25, -0.2) is 0 Å². The van der Waals surface area contributed by atoms with Gasteiger partial charge in [0.15, 0.2) is 0 Å². The summed E-state index contributed by atoms with van der Waals surface area (Å²) in [5.74, 6) is 1.75. The molecule has 0 bridgehead atoms. The molecule has 11 heavy (non-hydrogen) atoms. The van der Waals surface area contributed by atoms with E-state index in [1.54, 1.807) is 0 Å². The van der Waals surface area contributed by atoms with Crippen molar-refractivity contribution >= 4 is 5.78 Å². The minimum atomic E-state index is 0.413. The number of carbonyl (C=O) groups is 1. The highest BCUT2D eigenvalue weighted by molar-refractivity contribution is 5.80. The van der Waals surface area contributed by atoms with Gasteiger partial charge in [-0.3, -0.25) is 4.79 Å². The first-order valence-electron chi connectivity index (χ1n) is 4.76. The van der Waals surface area contributed by atoms with Crippen LogP contribution >= 0.6 is 0 Å². The van der Waals surface area contributed by atoms with Gasteiger partial charge in [0.1, 0.15) is 5.78 Å². The second kappa shape index (κ2) is 3.89. The molecule has 0 aliphatic heterocycles. The first-order valence-corrected chi connectivity index (χ1v) is 4.76. The molecular weight excluding hydrogens is 136 g/mol. The van der Waals surface area contributed by atoms with Crippen molar-refractivity contribution in [1.29, 1.82) is 0 Å². The molecule has 1 saturated carbocycles. The lowest BCUT2D eigenvalue weighted by molar-refractivity contribution is -0.123. The van der Waals surface area contributed by atoms with Crippen molar-refractivity contribution < 1.29 is 4.79 Å². The standard InChI is InChI=1S/C10H18O/c1-3-10(11)9-6-4-8(2)5-7-9/h8-9H,3-7H2,1-2H3/t8-,9-. The predicted octanol–water partition coefficient (Wildman–Crippen LogP) is 2.79. The van der Waals surface area contributed by atoms with Crippen molar-refractivity contribution in [2.24, 2.45) is 11.8 Å². The van der Waals surface area contributed by atoms with Gasteiger partial charge in [0.25, 0.3) is 0 Å². The molecule has 0 atom stereocenters. The van der Waals surface area contributed by atoms with E-state index in [0.29, 0.717) is 11.7 Å². The van der Waals surface area contributed by atoms with Gasteiger partial charge in [-0.1, -0.05) is 26.7 Å². The van der Waals surface area contributed by atoms with Gasteiger partial charge >= 0.3 is 0 Å². The second-order valence-corrected chi connectivity index (χ2v) is 3.78. The van der Waals surface area contributed by atoms with Crippen LogP contribution in [0.3, 0.4) is 0 Å². The third-order valence-corrected chi connectivity index (χ3v) is 2.82. The molecule has 0 aromatic carbocycles. The van der Waals surface area contributed by atoms with Crippen molar-refractivity contribution in [3.8, 4) is 0 Å². The number of Topliss-reactive ketones (excluding diaryl/α,β-unsaturated/α-hetero) is 1. The molecule has 0 spiro atoms. The Kier molecular flexibility index (Phi) is 3.10. The monoisotopic (exact) mass is 154 g/mol. The summed E-state index contributed by atoms with van der Waals surface area (Å²) in [4.78, 5) is 11.3. The zero-order valence-electron chi connectivity index (χ0n) is 7.60. The van der Waals surface area contributed by atoms with Crippen molar-refractivity contribution in [3.63, 3.8) is 0 Å². The maximum atomic E-state index is 11.3. The highest BCUT2D eigenvalue weighted by Gasteiger charge is 2.22. The summed E-state index contributed by atoms with van der Waals surface area (Å²) in [5.41, 5.74) is 0. The summed E-state index contributed by atoms with van der Waals surface area (Å²) in [7, 11) is 0. The van der Waals surface area contributed by atoms with Crippen molar-refractivity contribution in [1.82, 2.24) is 0 Å². The van der Waals surface area contributed by atoms with E-state index < -0.39 is 0 Å². The lowest BCUT2D eigenvalue weighted by Gasteiger charge is -2.24. The van der Waals surface area contributed by atoms with Crippen LogP contribution in [-0.4, -0.2) is 5.78 Å². The Morgan fingerprint density at radius 1 is 1.27 bits per heavy atom. The highest BCUT2D eigenvalue weighted by atomic mass is 16.1. The summed E-state index contributed by atoms with van der Waals surface area (Å²) in [6.07, 6.45) is 5.55. The van der Waals surface area contributed by atoms with Crippen LogP contribution in [0.4, 0.5) is 0 Å². The van der Waals surface area contributed by atoms with E-state index in [2.05, 4.69) is 6.92 Å². The third-order valence-electron chi connectivity index (χ3n) is 2.82. The normalized spacial score (nSPS) is 31.8. The van der Waals surface area contributed by atoms with Crippen LogP contribution in [0, 0.1) is 11.8 Å². The molecule has 1 heteroatoms. The van der Waals surface area contributed by atoms with Gasteiger partial charge < -0.3 is 0 Å². The lowest BCUT2D eigenvalue weighted by Crippen LogP contribution is -2.19.